The number of nitrogens with zero attached hydrogens (tertiary/aromatic N) is 6. The maximum absolute atomic E-state index is 13.7. The lowest BCUT2D eigenvalue weighted by Crippen LogP contribution is -2.54. The zero-order chi connectivity index (χ0) is 26.4. The van der Waals surface area contributed by atoms with Gasteiger partial charge in [-0.25, -0.2) is 22.5 Å². The van der Waals surface area contributed by atoms with E-state index in [0.29, 0.717) is 16.3 Å². The Morgan fingerprint density at radius 2 is 1.68 bits per heavy atom. The molecule has 0 spiro atoms. The average molecular weight is 557 g/mol. The summed E-state index contributed by atoms with van der Waals surface area (Å²) in [4.78, 5) is 0. The molecular weight excluding hydrogens is 540 g/mol. The van der Waals surface area contributed by atoms with Crippen LogP contribution in [0.2, 0.25) is 10.0 Å². The summed E-state index contributed by atoms with van der Waals surface area (Å²) < 4.78 is 48.9. The van der Waals surface area contributed by atoms with Gasteiger partial charge in [-0.3, -0.25) is 0 Å². The first-order valence-electron chi connectivity index (χ1n) is 10.7. The third-order valence-electron chi connectivity index (χ3n) is 5.99. The van der Waals surface area contributed by atoms with E-state index < -0.39 is 54.6 Å². The topological polar surface area (TPSA) is 131 Å². The van der Waals surface area contributed by atoms with E-state index in [2.05, 4.69) is 20.6 Å². The van der Waals surface area contributed by atoms with Crippen LogP contribution in [0.1, 0.15) is 12.3 Å². The number of aliphatic hydroxyl groups excluding tert-OH is 3. The summed E-state index contributed by atoms with van der Waals surface area (Å²) >= 11 is 12.1. The monoisotopic (exact) mass is 556 g/mol. The molecule has 0 radical (unpaired) electrons. The van der Waals surface area contributed by atoms with Crippen molar-refractivity contribution in [3.8, 4) is 22.5 Å². The van der Waals surface area contributed by atoms with Gasteiger partial charge in [0.05, 0.1) is 34.7 Å². The zero-order valence-corrected chi connectivity index (χ0v) is 20.0. The Labute approximate surface area is 216 Å². The average Bonchev–Trinajstić information content (AvgIpc) is 3.55. The Bertz CT molecular complexity index is 1430. The van der Waals surface area contributed by atoms with Gasteiger partial charge in [-0.05, 0) is 24.3 Å². The molecule has 5 rings (SSSR count). The molecule has 10 nitrogen and oxygen atoms in total. The molecule has 1 fully saturated rings. The van der Waals surface area contributed by atoms with Gasteiger partial charge in [-0.15, -0.1) is 10.2 Å². The van der Waals surface area contributed by atoms with E-state index in [1.165, 1.54) is 17.1 Å². The first-order chi connectivity index (χ1) is 17.7. The third-order valence-corrected chi connectivity index (χ3v) is 6.73. The summed E-state index contributed by atoms with van der Waals surface area (Å²) in [7, 11) is 0. The molecular formula is C22H17Cl2F3N6O4. The summed E-state index contributed by atoms with van der Waals surface area (Å²) in [5, 5.41) is 48.1. The van der Waals surface area contributed by atoms with E-state index in [-0.39, 0.29) is 16.3 Å². The second-order valence-electron chi connectivity index (χ2n) is 8.25. The van der Waals surface area contributed by atoms with Gasteiger partial charge < -0.3 is 20.1 Å². The van der Waals surface area contributed by atoms with Crippen molar-refractivity contribution in [1.29, 1.82) is 0 Å². The van der Waals surface area contributed by atoms with Crippen molar-refractivity contribution in [3.63, 3.8) is 0 Å². The minimum Gasteiger partial charge on any atom is -0.394 e. The van der Waals surface area contributed by atoms with E-state index in [4.69, 9.17) is 27.9 Å². The molecule has 1 aliphatic rings. The standard InChI is InChI=1S/C22H17Cl2F3N6O4/c23-11-2-1-9(3-12(11)24)16-6-28-30-33(16)22-21(36)19(20(35)17(8-34)37-22)32-7-15(29-31-32)10-4-13(25)18(27)14(26)5-10/h1-7,17,19-22,34-36H,8H2/t17-,19+,20?,21-,22+/m1/s1. The highest BCUT2D eigenvalue weighted by Gasteiger charge is 2.47. The highest BCUT2D eigenvalue weighted by Crippen LogP contribution is 2.38. The predicted octanol–water partition coefficient (Wildman–Crippen LogP) is 2.78. The molecule has 5 atom stereocenters. The minimum atomic E-state index is -1.63. The fourth-order valence-electron chi connectivity index (χ4n) is 4.15. The molecule has 194 valence electrons. The van der Waals surface area contributed by atoms with Crippen LogP contribution in [0.25, 0.3) is 22.5 Å². The zero-order valence-electron chi connectivity index (χ0n) is 18.5. The lowest BCUT2D eigenvalue weighted by molar-refractivity contribution is -0.233. The van der Waals surface area contributed by atoms with Crippen molar-refractivity contribution in [2.24, 2.45) is 0 Å². The van der Waals surface area contributed by atoms with E-state index in [1.807, 2.05) is 0 Å². The summed E-state index contributed by atoms with van der Waals surface area (Å²) in [6.07, 6.45) is -2.87. The second kappa shape index (κ2) is 10.0. The Balaban J connectivity index is 1.52. The molecule has 37 heavy (non-hydrogen) atoms. The fraction of sp³-hybridized carbons (Fsp3) is 0.273. The van der Waals surface area contributed by atoms with Crippen LogP contribution in [-0.2, 0) is 4.74 Å². The summed E-state index contributed by atoms with van der Waals surface area (Å²) in [6, 6.07) is 5.01. The van der Waals surface area contributed by atoms with Crippen molar-refractivity contribution >= 4 is 23.2 Å². The predicted molar refractivity (Wildman–Crippen MR) is 123 cm³/mol. The number of halogens is 5. The number of aliphatic hydroxyl groups is 3. The van der Waals surface area contributed by atoms with Crippen molar-refractivity contribution in [2.45, 2.75) is 30.6 Å². The van der Waals surface area contributed by atoms with E-state index in [9.17, 15) is 28.5 Å². The van der Waals surface area contributed by atoms with Crippen LogP contribution in [0, 0.1) is 17.5 Å². The molecule has 1 unspecified atom stereocenters. The highest BCUT2D eigenvalue weighted by atomic mass is 35.5. The summed E-state index contributed by atoms with van der Waals surface area (Å²) in [5.41, 5.74) is 0.748. The van der Waals surface area contributed by atoms with Gasteiger partial charge >= 0.3 is 0 Å². The van der Waals surface area contributed by atoms with E-state index >= 15 is 0 Å². The van der Waals surface area contributed by atoms with Crippen molar-refractivity contribution in [2.75, 3.05) is 6.61 Å². The fourth-order valence-corrected chi connectivity index (χ4v) is 4.45. The van der Waals surface area contributed by atoms with Crippen LogP contribution in [0.3, 0.4) is 0 Å². The first-order valence-corrected chi connectivity index (χ1v) is 11.5. The molecule has 3 heterocycles. The van der Waals surface area contributed by atoms with Crippen molar-refractivity contribution in [3.05, 3.63) is 70.2 Å². The Hall–Kier alpha value is -3.07. The SMILES string of the molecule is OC[C@H]1O[C@H](n2nncc2-c2ccc(Cl)c(Cl)c2)[C@H](O)[C@@H](n2cc(-c3cc(F)c(F)c(F)c3)nn2)C1O. The molecule has 4 aromatic rings. The number of hydrogen-bond donors (Lipinski definition) is 3. The van der Waals surface area contributed by atoms with Crippen molar-refractivity contribution in [1.82, 2.24) is 30.0 Å². The van der Waals surface area contributed by atoms with Gasteiger partial charge in [0.1, 0.15) is 30.0 Å². The van der Waals surface area contributed by atoms with Crippen LogP contribution in [0.5, 0.6) is 0 Å². The second-order valence-corrected chi connectivity index (χ2v) is 9.06. The number of benzene rings is 2. The van der Waals surface area contributed by atoms with Gasteiger partial charge in [0.15, 0.2) is 23.7 Å². The molecule has 3 N–H and O–H groups in total. The third kappa shape index (κ3) is 4.58. The molecule has 2 aromatic heterocycles. The lowest BCUT2D eigenvalue weighted by atomic mass is 9.95. The number of hydrogen-bond acceptors (Lipinski definition) is 8. The Kier molecular flexibility index (Phi) is 6.91. The lowest BCUT2D eigenvalue weighted by Gasteiger charge is -2.42. The van der Waals surface area contributed by atoms with Gasteiger partial charge in [0, 0.05) is 11.1 Å². The largest absolute Gasteiger partial charge is 0.394 e. The molecule has 15 heteroatoms. The molecule has 0 bridgehead atoms. The summed E-state index contributed by atoms with van der Waals surface area (Å²) in [5.74, 6) is -4.47. The van der Waals surface area contributed by atoms with E-state index in [0.717, 1.165) is 16.8 Å². The van der Waals surface area contributed by atoms with Crippen LogP contribution in [-0.4, -0.2) is 70.2 Å². The number of aromatic nitrogens is 6. The molecule has 2 aromatic carbocycles. The van der Waals surface area contributed by atoms with Crippen LogP contribution < -0.4 is 0 Å². The molecule has 1 saturated heterocycles. The van der Waals surface area contributed by atoms with Gasteiger partial charge in [0.25, 0.3) is 0 Å². The summed E-state index contributed by atoms with van der Waals surface area (Å²) in [6.45, 7) is -0.631. The van der Waals surface area contributed by atoms with E-state index in [1.54, 1.807) is 18.2 Å². The number of rotatable bonds is 5. The smallest absolute Gasteiger partial charge is 0.194 e. The van der Waals surface area contributed by atoms with Gasteiger partial charge in [0.2, 0.25) is 0 Å². The maximum Gasteiger partial charge on any atom is 0.194 e. The molecule has 0 aliphatic carbocycles. The quantitative estimate of drug-likeness (QED) is 0.320. The van der Waals surface area contributed by atoms with Crippen LogP contribution in [0.4, 0.5) is 13.2 Å². The molecule has 0 amide bonds. The Morgan fingerprint density at radius 3 is 2.35 bits per heavy atom. The first kappa shape index (κ1) is 25.6. The van der Waals surface area contributed by atoms with Crippen LogP contribution >= 0.6 is 23.2 Å². The van der Waals surface area contributed by atoms with Gasteiger partial charge in [-0.2, -0.15) is 0 Å². The van der Waals surface area contributed by atoms with Crippen LogP contribution in [0.15, 0.2) is 42.7 Å². The number of ether oxygens (including phenoxy) is 1. The maximum atomic E-state index is 13.7. The molecule has 0 saturated carbocycles. The van der Waals surface area contributed by atoms with Gasteiger partial charge in [-0.1, -0.05) is 39.7 Å². The van der Waals surface area contributed by atoms with Crippen molar-refractivity contribution < 1.29 is 33.2 Å². The Morgan fingerprint density at radius 1 is 0.946 bits per heavy atom. The molecule has 1 aliphatic heterocycles. The highest BCUT2D eigenvalue weighted by molar-refractivity contribution is 6.42. The minimum absolute atomic E-state index is 0.0574. The normalized spacial score (nSPS) is 23.9.